The van der Waals surface area contributed by atoms with E-state index in [4.69, 9.17) is 0 Å². The van der Waals surface area contributed by atoms with Crippen LogP contribution in [0.3, 0.4) is 0 Å². The number of thiazole rings is 1. The number of hydrogen-bond donors (Lipinski definition) is 0. The van der Waals surface area contributed by atoms with Gasteiger partial charge in [-0.3, -0.25) is 9.69 Å². The van der Waals surface area contributed by atoms with Gasteiger partial charge in [0.15, 0.2) is 5.17 Å². The normalized spacial score (nSPS) is 21.8. The van der Waals surface area contributed by atoms with Gasteiger partial charge in [0, 0.05) is 17.6 Å². The Morgan fingerprint density at radius 3 is 2.70 bits per heavy atom. The van der Waals surface area contributed by atoms with E-state index in [1.165, 1.54) is 42.4 Å². The van der Waals surface area contributed by atoms with Crippen molar-refractivity contribution in [2.45, 2.75) is 38.1 Å². The lowest BCUT2D eigenvalue weighted by Crippen LogP contribution is -2.40. The smallest absolute Gasteiger partial charge is 0.266 e. The Morgan fingerprint density at radius 2 is 1.96 bits per heavy atom. The van der Waals surface area contributed by atoms with Crippen LogP contribution in [0.25, 0.3) is 6.08 Å². The SMILES string of the molecule is O=C1/C(=C/C=C/c2ccccc2)S/C(=N/c2nccs2)N1C1CCCCC1. The van der Waals surface area contributed by atoms with Crippen LogP contribution in [-0.4, -0.2) is 27.0 Å². The molecule has 0 bridgehead atoms. The van der Waals surface area contributed by atoms with Gasteiger partial charge < -0.3 is 0 Å². The van der Waals surface area contributed by atoms with Crippen molar-refractivity contribution >= 4 is 45.4 Å². The van der Waals surface area contributed by atoms with Crippen LogP contribution in [0.2, 0.25) is 0 Å². The van der Waals surface area contributed by atoms with Crippen LogP contribution in [0.15, 0.2) is 64.0 Å². The van der Waals surface area contributed by atoms with E-state index in [0.717, 1.165) is 28.5 Å². The fraction of sp³-hybridized carbons (Fsp3) is 0.286. The molecule has 1 saturated heterocycles. The standard InChI is InChI=1S/C21H21N3OS2/c25-19-18(13-7-10-16-8-3-1-4-9-16)27-21(23-20-22-14-15-26-20)24(19)17-11-5-2-6-12-17/h1,3-4,7-10,13-15,17H,2,5-6,11-12H2/b10-7+,18-13-,23-21+. The maximum atomic E-state index is 13.1. The van der Waals surface area contributed by atoms with Crippen molar-refractivity contribution in [3.63, 3.8) is 0 Å². The van der Waals surface area contributed by atoms with E-state index in [1.54, 1.807) is 6.20 Å². The second-order valence-corrected chi connectivity index (χ2v) is 8.46. The molecule has 138 valence electrons. The number of rotatable bonds is 4. The highest BCUT2D eigenvalue weighted by Gasteiger charge is 2.38. The van der Waals surface area contributed by atoms with E-state index < -0.39 is 0 Å². The summed E-state index contributed by atoms with van der Waals surface area (Å²) in [5.41, 5.74) is 1.12. The zero-order valence-electron chi connectivity index (χ0n) is 15.0. The number of nitrogens with zero attached hydrogens (tertiary/aromatic N) is 3. The summed E-state index contributed by atoms with van der Waals surface area (Å²) in [6.07, 6.45) is 13.3. The minimum Gasteiger partial charge on any atom is -0.283 e. The third-order valence-corrected chi connectivity index (χ3v) is 6.39. The zero-order valence-corrected chi connectivity index (χ0v) is 16.6. The molecule has 2 fully saturated rings. The number of aliphatic imine (C=N–C) groups is 1. The number of thioether (sulfide) groups is 1. The lowest BCUT2D eigenvalue weighted by molar-refractivity contribution is -0.124. The van der Waals surface area contributed by atoms with Crippen molar-refractivity contribution in [1.29, 1.82) is 0 Å². The summed E-state index contributed by atoms with van der Waals surface area (Å²) in [7, 11) is 0. The molecule has 4 rings (SSSR count). The van der Waals surface area contributed by atoms with Gasteiger partial charge in [-0.05, 0) is 36.2 Å². The Balaban J connectivity index is 1.59. The van der Waals surface area contributed by atoms with Crippen LogP contribution in [0.1, 0.15) is 37.7 Å². The second kappa shape index (κ2) is 8.67. The average Bonchev–Trinajstić information content (AvgIpc) is 3.32. The van der Waals surface area contributed by atoms with Crippen molar-refractivity contribution in [2.75, 3.05) is 0 Å². The van der Waals surface area contributed by atoms with Crippen LogP contribution >= 0.6 is 23.1 Å². The van der Waals surface area contributed by atoms with E-state index in [9.17, 15) is 4.79 Å². The van der Waals surface area contributed by atoms with E-state index in [2.05, 4.69) is 9.98 Å². The molecule has 1 aliphatic carbocycles. The predicted octanol–water partition coefficient (Wildman–Crippen LogP) is 5.64. The summed E-state index contributed by atoms with van der Waals surface area (Å²) in [4.78, 5) is 24.7. The number of amides is 1. The third kappa shape index (κ3) is 4.39. The fourth-order valence-electron chi connectivity index (χ4n) is 3.40. The molecular formula is C21H21N3OS2. The zero-order chi connectivity index (χ0) is 18.5. The molecule has 2 heterocycles. The molecule has 0 atom stereocenters. The minimum atomic E-state index is 0.0694. The van der Waals surface area contributed by atoms with Gasteiger partial charge in [-0.2, -0.15) is 4.99 Å². The van der Waals surface area contributed by atoms with Gasteiger partial charge in [0.2, 0.25) is 5.13 Å². The van der Waals surface area contributed by atoms with Crippen molar-refractivity contribution in [3.05, 3.63) is 64.5 Å². The molecule has 27 heavy (non-hydrogen) atoms. The van der Waals surface area contributed by atoms with Gasteiger partial charge in [-0.25, -0.2) is 4.98 Å². The molecule has 0 spiro atoms. The first-order chi connectivity index (χ1) is 13.3. The number of aromatic nitrogens is 1. The molecule has 1 amide bonds. The van der Waals surface area contributed by atoms with Gasteiger partial charge in [0.1, 0.15) is 0 Å². The molecule has 1 aliphatic heterocycles. The molecule has 1 aromatic carbocycles. The van der Waals surface area contributed by atoms with Crippen molar-refractivity contribution in [1.82, 2.24) is 9.88 Å². The number of hydrogen-bond acceptors (Lipinski definition) is 5. The van der Waals surface area contributed by atoms with Crippen molar-refractivity contribution < 1.29 is 4.79 Å². The van der Waals surface area contributed by atoms with Gasteiger partial charge in [-0.1, -0.05) is 61.7 Å². The average molecular weight is 396 g/mol. The summed E-state index contributed by atoms with van der Waals surface area (Å²) in [6.45, 7) is 0. The molecule has 0 unspecified atom stereocenters. The molecular weight excluding hydrogens is 374 g/mol. The maximum Gasteiger partial charge on any atom is 0.266 e. The molecule has 1 aromatic heterocycles. The van der Waals surface area contributed by atoms with Crippen molar-refractivity contribution in [3.8, 4) is 0 Å². The number of carbonyl (C=O) groups excluding carboxylic acids is 1. The molecule has 2 aromatic rings. The van der Waals surface area contributed by atoms with Gasteiger partial charge in [-0.15, -0.1) is 11.3 Å². The monoisotopic (exact) mass is 395 g/mol. The van der Waals surface area contributed by atoms with Crippen LogP contribution in [-0.2, 0) is 4.79 Å². The molecule has 0 radical (unpaired) electrons. The van der Waals surface area contributed by atoms with E-state index >= 15 is 0 Å². The number of amidine groups is 1. The lowest BCUT2D eigenvalue weighted by Gasteiger charge is -2.30. The number of allylic oxidation sites excluding steroid dienone is 2. The summed E-state index contributed by atoms with van der Waals surface area (Å²) in [6, 6.07) is 10.3. The highest BCUT2D eigenvalue weighted by atomic mass is 32.2. The second-order valence-electron chi connectivity index (χ2n) is 6.58. The predicted molar refractivity (Wildman–Crippen MR) is 114 cm³/mol. The largest absolute Gasteiger partial charge is 0.283 e. The first kappa shape index (κ1) is 18.2. The Labute approximate surface area is 167 Å². The van der Waals surface area contributed by atoms with Gasteiger partial charge in [0.05, 0.1) is 4.91 Å². The molecule has 6 heteroatoms. The lowest BCUT2D eigenvalue weighted by atomic mass is 9.94. The van der Waals surface area contributed by atoms with E-state index in [-0.39, 0.29) is 11.9 Å². The Morgan fingerprint density at radius 1 is 1.15 bits per heavy atom. The summed E-state index contributed by atoms with van der Waals surface area (Å²) in [5.74, 6) is 0.0694. The fourth-order valence-corrected chi connectivity index (χ4v) is 4.96. The Hall–Kier alpha value is -2.18. The summed E-state index contributed by atoms with van der Waals surface area (Å²) in [5, 5.41) is 3.37. The summed E-state index contributed by atoms with van der Waals surface area (Å²) < 4.78 is 0. The number of benzene rings is 1. The number of carbonyl (C=O) groups is 1. The van der Waals surface area contributed by atoms with Crippen LogP contribution in [0.5, 0.6) is 0 Å². The van der Waals surface area contributed by atoms with Gasteiger partial charge in [0.25, 0.3) is 5.91 Å². The first-order valence-electron chi connectivity index (χ1n) is 9.24. The topological polar surface area (TPSA) is 45.6 Å². The van der Waals surface area contributed by atoms with Gasteiger partial charge >= 0.3 is 0 Å². The quantitative estimate of drug-likeness (QED) is 0.630. The summed E-state index contributed by atoms with van der Waals surface area (Å²) >= 11 is 2.95. The highest BCUT2D eigenvalue weighted by molar-refractivity contribution is 8.18. The maximum absolute atomic E-state index is 13.1. The highest BCUT2D eigenvalue weighted by Crippen LogP contribution is 2.37. The van der Waals surface area contributed by atoms with Crippen LogP contribution in [0.4, 0.5) is 5.13 Å². The molecule has 0 N–H and O–H groups in total. The molecule has 4 nitrogen and oxygen atoms in total. The minimum absolute atomic E-state index is 0.0694. The first-order valence-corrected chi connectivity index (χ1v) is 10.9. The van der Waals surface area contributed by atoms with E-state index in [1.807, 2.05) is 58.8 Å². The Bertz CT molecular complexity index is 866. The van der Waals surface area contributed by atoms with Crippen LogP contribution in [0, 0.1) is 0 Å². The molecule has 2 aliphatic rings. The third-order valence-electron chi connectivity index (χ3n) is 4.72. The van der Waals surface area contributed by atoms with Crippen molar-refractivity contribution in [2.24, 2.45) is 4.99 Å². The van der Waals surface area contributed by atoms with E-state index in [0.29, 0.717) is 5.13 Å². The Kier molecular flexibility index (Phi) is 5.84. The van der Waals surface area contributed by atoms with Crippen LogP contribution < -0.4 is 0 Å². The molecule has 1 saturated carbocycles.